The third-order valence-electron chi connectivity index (χ3n) is 2.58. The Labute approximate surface area is 106 Å². The normalized spacial score (nSPS) is 13.6. The lowest BCUT2D eigenvalue weighted by molar-refractivity contribution is -0.132. The summed E-state index contributed by atoms with van der Waals surface area (Å²) in [7, 11) is 0. The fraction of sp³-hybridized carbons (Fsp3) is 0.786. The molecular formula is C14H28N2O. The van der Waals surface area contributed by atoms with Crippen molar-refractivity contribution in [1.29, 1.82) is 0 Å². The van der Waals surface area contributed by atoms with E-state index in [1.54, 1.807) is 6.08 Å². The Morgan fingerprint density at radius 2 is 1.94 bits per heavy atom. The van der Waals surface area contributed by atoms with Crippen molar-refractivity contribution in [2.75, 3.05) is 6.54 Å². The molecule has 0 aliphatic carbocycles. The van der Waals surface area contributed by atoms with Crippen LogP contribution in [0.25, 0.3) is 0 Å². The Morgan fingerprint density at radius 3 is 2.29 bits per heavy atom. The Morgan fingerprint density at radius 1 is 1.41 bits per heavy atom. The minimum absolute atomic E-state index is 0.0615. The van der Waals surface area contributed by atoms with Gasteiger partial charge in [-0.15, -0.1) is 6.58 Å². The molecule has 3 heteroatoms. The van der Waals surface area contributed by atoms with Gasteiger partial charge in [-0.3, -0.25) is 4.79 Å². The minimum atomic E-state index is -0.0615. The van der Waals surface area contributed by atoms with Crippen LogP contribution in [-0.2, 0) is 4.79 Å². The summed E-state index contributed by atoms with van der Waals surface area (Å²) in [6.45, 7) is 14.7. The van der Waals surface area contributed by atoms with Gasteiger partial charge in [0.2, 0.25) is 5.91 Å². The van der Waals surface area contributed by atoms with Gasteiger partial charge in [0.1, 0.15) is 0 Å². The molecule has 0 spiro atoms. The molecule has 0 saturated carbocycles. The van der Waals surface area contributed by atoms with Crippen molar-refractivity contribution in [3.63, 3.8) is 0 Å². The maximum absolute atomic E-state index is 12.1. The van der Waals surface area contributed by atoms with Crippen LogP contribution in [-0.4, -0.2) is 29.4 Å². The molecule has 0 radical (unpaired) electrons. The summed E-state index contributed by atoms with van der Waals surface area (Å²) in [6, 6.07) is 0.135. The molecule has 0 fully saturated rings. The fourth-order valence-electron chi connectivity index (χ4n) is 1.94. The number of amides is 1. The molecule has 0 aromatic heterocycles. The largest absolute Gasteiger partial charge is 0.337 e. The lowest BCUT2D eigenvalue weighted by Gasteiger charge is -2.28. The molecule has 1 atom stereocenters. The first-order valence-corrected chi connectivity index (χ1v) is 6.33. The summed E-state index contributed by atoms with van der Waals surface area (Å²) in [6.07, 6.45) is 3.04. The van der Waals surface area contributed by atoms with E-state index in [2.05, 4.69) is 27.4 Å². The summed E-state index contributed by atoms with van der Waals surface area (Å²) >= 11 is 0. The highest BCUT2D eigenvalue weighted by Gasteiger charge is 2.21. The summed E-state index contributed by atoms with van der Waals surface area (Å²) in [5.41, 5.74) is 6.19. The third kappa shape index (κ3) is 7.16. The maximum atomic E-state index is 12.1. The number of hydrogen-bond acceptors (Lipinski definition) is 2. The van der Waals surface area contributed by atoms with E-state index in [-0.39, 0.29) is 23.4 Å². The second kappa shape index (κ2) is 6.80. The van der Waals surface area contributed by atoms with Crippen molar-refractivity contribution < 1.29 is 4.79 Å². The lowest BCUT2D eigenvalue weighted by Crippen LogP contribution is -2.41. The number of carbonyl (C=O) groups excluding carboxylic acids is 1. The molecule has 0 aromatic rings. The van der Waals surface area contributed by atoms with Gasteiger partial charge in [-0.05, 0) is 25.7 Å². The van der Waals surface area contributed by atoms with E-state index in [4.69, 9.17) is 5.73 Å². The van der Waals surface area contributed by atoms with Gasteiger partial charge in [0.25, 0.3) is 0 Å². The summed E-state index contributed by atoms with van der Waals surface area (Å²) in [5, 5.41) is 0. The van der Waals surface area contributed by atoms with Gasteiger partial charge in [-0.1, -0.05) is 26.8 Å². The van der Waals surface area contributed by atoms with E-state index in [1.165, 1.54) is 0 Å². The molecule has 100 valence electrons. The van der Waals surface area contributed by atoms with Crippen LogP contribution in [0.5, 0.6) is 0 Å². The predicted molar refractivity (Wildman–Crippen MR) is 73.7 cm³/mol. The van der Waals surface area contributed by atoms with Crippen LogP contribution in [0, 0.1) is 5.41 Å². The van der Waals surface area contributed by atoms with Crippen LogP contribution >= 0.6 is 0 Å². The zero-order valence-corrected chi connectivity index (χ0v) is 12.0. The highest BCUT2D eigenvalue weighted by atomic mass is 16.2. The van der Waals surface area contributed by atoms with Crippen LogP contribution in [0.3, 0.4) is 0 Å². The Kier molecular flexibility index (Phi) is 6.46. The van der Waals surface area contributed by atoms with E-state index < -0.39 is 0 Å². The van der Waals surface area contributed by atoms with Gasteiger partial charge in [0, 0.05) is 25.0 Å². The van der Waals surface area contributed by atoms with Crippen molar-refractivity contribution >= 4 is 5.91 Å². The Balaban J connectivity index is 4.35. The second-order valence-electron chi connectivity index (χ2n) is 6.16. The van der Waals surface area contributed by atoms with Gasteiger partial charge in [-0.2, -0.15) is 0 Å². The first-order valence-electron chi connectivity index (χ1n) is 6.33. The summed E-state index contributed by atoms with van der Waals surface area (Å²) < 4.78 is 0. The van der Waals surface area contributed by atoms with Crippen molar-refractivity contribution in [2.45, 2.75) is 59.5 Å². The smallest absolute Gasteiger partial charge is 0.224 e. The molecule has 0 aromatic carbocycles. The Bertz CT molecular complexity index is 253. The van der Waals surface area contributed by atoms with Crippen LogP contribution in [0.2, 0.25) is 0 Å². The zero-order chi connectivity index (χ0) is 13.6. The molecule has 1 unspecified atom stereocenters. The highest BCUT2D eigenvalue weighted by Crippen LogP contribution is 2.21. The molecule has 0 saturated heterocycles. The molecule has 3 nitrogen and oxygen atoms in total. The molecule has 1 amide bonds. The van der Waals surface area contributed by atoms with Gasteiger partial charge in [-0.25, -0.2) is 0 Å². The van der Waals surface area contributed by atoms with Gasteiger partial charge >= 0.3 is 0 Å². The van der Waals surface area contributed by atoms with Crippen molar-refractivity contribution in [1.82, 2.24) is 4.90 Å². The molecule has 0 aliphatic heterocycles. The second-order valence-corrected chi connectivity index (χ2v) is 6.16. The van der Waals surface area contributed by atoms with Crippen LogP contribution in [0.4, 0.5) is 0 Å². The topological polar surface area (TPSA) is 46.3 Å². The Hall–Kier alpha value is -0.830. The number of nitrogens with two attached hydrogens (primary N) is 1. The van der Waals surface area contributed by atoms with E-state index in [1.807, 2.05) is 18.7 Å². The molecular weight excluding hydrogens is 212 g/mol. The number of nitrogens with zero attached hydrogens (tertiary/aromatic N) is 1. The first kappa shape index (κ1) is 16.2. The number of rotatable bonds is 6. The molecule has 0 bridgehead atoms. The summed E-state index contributed by atoms with van der Waals surface area (Å²) in [4.78, 5) is 13.9. The van der Waals surface area contributed by atoms with Crippen LogP contribution < -0.4 is 5.73 Å². The SMILES string of the molecule is C=CCN(C(=O)CC(N)CC(C)(C)C)C(C)C. The number of hydrogen-bond donors (Lipinski definition) is 1. The quantitative estimate of drug-likeness (QED) is 0.725. The van der Waals surface area contributed by atoms with Crippen molar-refractivity contribution in [3.8, 4) is 0 Å². The number of carbonyl (C=O) groups is 1. The molecule has 0 rings (SSSR count). The van der Waals surface area contributed by atoms with Gasteiger partial charge in [0.05, 0.1) is 0 Å². The monoisotopic (exact) mass is 240 g/mol. The standard InChI is InChI=1S/C14H28N2O/c1-7-8-16(11(2)3)13(17)9-12(15)10-14(4,5)6/h7,11-12H,1,8-10,15H2,2-6H3. The first-order chi connectivity index (χ1) is 7.67. The van der Waals surface area contributed by atoms with Crippen molar-refractivity contribution in [3.05, 3.63) is 12.7 Å². The molecule has 0 aliphatic rings. The van der Waals surface area contributed by atoms with E-state index in [0.717, 1.165) is 6.42 Å². The van der Waals surface area contributed by atoms with Gasteiger partial charge in [0.15, 0.2) is 0 Å². The molecule has 2 N–H and O–H groups in total. The minimum Gasteiger partial charge on any atom is -0.337 e. The maximum Gasteiger partial charge on any atom is 0.224 e. The van der Waals surface area contributed by atoms with E-state index >= 15 is 0 Å². The fourth-order valence-corrected chi connectivity index (χ4v) is 1.94. The molecule has 17 heavy (non-hydrogen) atoms. The van der Waals surface area contributed by atoms with Crippen LogP contribution in [0.15, 0.2) is 12.7 Å². The highest BCUT2D eigenvalue weighted by molar-refractivity contribution is 5.77. The summed E-state index contributed by atoms with van der Waals surface area (Å²) in [5.74, 6) is 0.122. The third-order valence-corrected chi connectivity index (χ3v) is 2.58. The zero-order valence-electron chi connectivity index (χ0n) is 12.0. The van der Waals surface area contributed by atoms with Crippen molar-refractivity contribution in [2.24, 2.45) is 11.1 Å². The van der Waals surface area contributed by atoms with Crippen LogP contribution in [0.1, 0.15) is 47.5 Å². The lowest BCUT2D eigenvalue weighted by atomic mass is 9.87. The average molecular weight is 240 g/mol. The average Bonchev–Trinajstić information content (AvgIpc) is 2.09. The van der Waals surface area contributed by atoms with E-state index in [0.29, 0.717) is 13.0 Å². The molecule has 0 heterocycles. The predicted octanol–water partition coefficient (Wildman–Crippen LogP) is 2.56. The van der Waals surface area contributed by atoms with Gasteiger partial charge < -0.3 is 10.6 Å². The van der Waals surface area contributed by atoms with E-state index in [9.17, 15) is 4.79 Å².